The zero-order valence-electron chi connectivity index (χ0n) is 11.8. The van der Waals surface area contributed by atoms with Crippen LogP contribution in [0.25, 0.3) is 0 Å². The largest absolute Gasteiger partial charge is 0.397 e. The average Bonchev–Trinajstić information content (AvgIpc) is 2.42. The van der Waals surface area contributed by atoms with Crippen molar-refractivity contribution in [3.8, 4) is 0 Å². The Kier molecular flexibility index (Phi) is 5.54. The minimum absolute atomic E-state index is 0.150. The lowest BCUT2D eigenvalue weighted by atomic mass is 10.0. The van der Waals surface area contributed by atoms with Crippen molar-refractivity contribution in [1.82, 2.24) is 0 Å². The monoisotopic (exact) mass is 281 g/mol. The number of carbonyl (C=O) groups is 1. The van der Waals surface area contributed by atoms with Crippen LogP contribution in [0.3, 0.4) is 0 Å². The molecule has 1 aromatic carbocycles. The molecule has 0 fully saturated rings. The van der Waals surface area contributed by atoms with E-state index in [4.69, 9.17) is 11.5 Å². The zero-order valence-corrected chi connectivity index (χ0v) is 12.6. The molecule has 19 heavy (non-hydrogen) atoms. The first kappa shape index (κ1) is 15.7. The number of benzene rings is 1. The summed E-state index contributed by atoms with van der Waals surface area (Å²) in [7, 11) is 0. The van der Waals surface area contributed by atoms with Gasteiger partial charge < -0.3 is 16.8 Å². The summed E-state index contributed by atoms with van der Waals surface area (Å²) in [4.78, 5) is 11.4. The van der Waals surface area contributed by atoms with Gasteiger partial charge >= 0.3 is 0 Å². The van der Waals surface area contributed by atoms with Gasteiger partial charge in [-0.3, -0.25) is 4.79 Å². The lowest BCUT2D eigenvalue weighted by Gasteiger charge is -2.30. The van der Waals surface area contributed by atoms with E-state index in [0.29, 0.717) is 16.9 Å². The molecule has 0 unspecified atom stereocenters. The van der Waals surface area contributed by atoms with Gasteiger partial charge in [0, 0.05) is 11.3 Å². The number of nitrogens with one attached hydrogen (secondary N) is 1. The summed E-state index contributed by atoms with van der Waals surface area (Å²) in [6, 6.07) is 5.20. The van der Waals surface area contributed by atoms with Gasteiger partial charge in [0.25, 0.3) is 5.91 Å². The number of nitrogen functional groups attached to an aromatic ring is 1. The van der Waals surface area contributed by atoms with Crippen LogP contribution in [0.1, 0.15) is 37.0 Å². The average molecular weight is 281 g/mol. The van der Waals surface area contributed by atoms with E-state index >= 15 is 0 Å². The molecular formula is C14H23N3OS. The highest BCUT2D eigenvalue weighted by Gasteiger charge is 2.25. The molecule has 1 rings (SSSR count). The first-order chi connectivity index (χ1) is 8.99. The molecule has 0 heterocycles. The number of carbonyl (C=O) groups excluding carboxylic acids is 1. The van der Waals surface area contributed by atoms with Gasteiger partial charge in [-0.05, 0) is 31.2 Å². The van der Waals surface area contributed by atoms with Crippen molar-refractivity contribution in [2.24, 2.45) is 5.73 Å². The van der Waals surface area contributed by atoms with Crippen molar-refractivity contribution in [2.75, 3.05) is 23.9 Å². The number of primary amides is 1. The second-order valence-corrected chi connectivity index (χ2v) is 5.86. The van der Waals surface area contributed by atoms with E-state index < -0.39 is 5.91 Å². The molecule has 0 bridgehead atoms. The molecule has 0 aromatic heterocycles. The summed E-state index contributed by atoms with van der Waals surface area (Å²) < 4.78 is 0.150. The molecule has 0 aliphatic heterocycles. The zero-order chi connectivity index (χ0) is 14.5. The minimum atomic E-state index is -0.461. The van der Waals surface area contributed by atoms with E-state index in [0.717, 1.165) is 19.4 Å². The maximum atomic E-state index is 11.4. The third kappa shape index (κ3) is 3.56. The predicted octanol–water partition coefficient (Wildman–Crippen LogP) is 2.70. The van der Waals surface area contributed by atoms with Crippen LogP contribution < -0.4 is 16.8 Å². The Morgan fingerprint density at radius 3 is 2.47 bits per heavy atom. The normalized spacial score (nSPS) is 11.3. The van der Waals surface area contributed by atoms with Crippen molar-refractivity contribution >= 4 is 29.0 Å². The minimum Gasteiger partial charge on any atom is -0.397 e. The predicted molar refractivity (Wildman–Crippen MR) is 84.7 cm³/mol. The third-order valence-corrected chi connectivity index (χ3v) is 5.26. The second-order valence-electron chi connectivity index (χ2n) is 4.58. The number of hydrogen-bond acceptors (Lipinski definition) is 4. The summed E-state index contributed by atoms with van der Waals surface area (Å²) in [6.45, 7) is 5.10. The molecule has 5 heteroatoms. The molecule has 0 aliphatic carbocycles. The number of para-hydroxylation sites is 1. The lowest BCUT2D eigenvalue weighted by molar-refractivity contribution is 0.100. The molecule has 0 spiro atoms. The highest BCUT2D eigenvalue weighted by Crippen LogP contribution is 2.32. The molecule has 106 valence electrons. The van der Waals surface area contributed by atoms with E-state index in [-0.39, 0.29) is 4.75 Å². The molecule has 1 amide bonds. The highest BCUT2D eigenvalue weighted by molar-refractivity contribution is 8.00. The van der Waals surface area contributed by atoms with Gasteiger partial charge in [-0.2, -0.15) is 11.8 Å². The van der Waals surface area contributed by atoms with Crippen LogP contribution in [0.2, 0.25) is 0 Å². The maximum absolute atomic E-state index is 11.4. The van der Waals surface area contributed by atoms with Crippen LogP contribution in [-0.4, -0.2) is 23.5 Å². The number of amides is 1. The molecule has 0 aliphatic rings. The number of anilines is 2. The Hall–Kier alpha value is -1.36. The first-order valence-corrected chi connectivity index (χ1v) is 7.69. The summed E-state index contributed by atoms with van der Waals surface area (Å²) >= 11 is 1.84. The van der Waals surface area contributed by atoms with E-state index in [9.17, 15) is 4.79 Å². The van der Waals surface area contributed by atoms with Crippen molar-refractivity contribution < 1.29 is 4.79 Å². The van der Waals surface area contributed by atoms with Crippen molar-refractivity contribution in [3.63, 3.8) is 0 Å². The molecule has 0 saturated carbocycles. The van der Waals surface area contributed by atoms with Crippen molar-refractivity contribution in [3.05, 3.63) is 23.8 Å². The Morgan fingerprint density at radius 1 is 1.37 bits per heavy atom. The number of hydrogen-bond donors (Lipinski definition) is 3. The Balaban J connectivity index is 2.97. The van der Waals surface area contributed by atoms with Crippen molar-refractivity contribution in [2.45, 2.75) is 31.4 Å². The van der Waals surface area contributed by atoms with Gasteiger partial charge in [0.1, 0.15) is 0 Å². The Labute approximate surface area is 119 Å². The molecule has 5 N–H and O–H groups in total. The first-order valence-electron chi connectivity index (χ1n) is 6.47. The number of nitrogens with two attached hydrogens (primary N) is 2. The van der Waals surface area contributed by atoms with Crippen LogP contribution in [0.4, 0.5) is 11.4 Å². The second kappa shape index (κ2) is 6.70. The van der Waals surface area contributed by atoms with Gasteiger partial charge in [0.05, 0.1) is 16.9 Å². The summed E-state index contributed by atoms with van der Waals surface area (Å²) in [5.74, 6) is -0.461. The van der Waals surface area contributed by atoms with Crippen LogP contribution in [0, 0.1) is 0 Å². The lowest BCUT2D eigenvalue weighted by Crippen LogP contribution is -2.32. The van der Waals surface area contributed by atoms with Gasteiger partial charge in [-0.15, -0.1) is 0 Å². The van der Waals surface area contributed by atoms with E-state index in [1.165, 1.54) is 0 Å². The fourth-order valence-electron chi connectivity index (χ4n) is 2.08. The van der Waals surface area contributed by atoms with Crippen LogP contribution in [0.15, 0.2) is 18.2 Å². The van der Waals surface area contributed by atoms with E-state index in [1.54, 1.807) is 18.2 Å². The fraction of sp³-hybridized carbons (Fsp3) is 0.500. The summed E-state index contributed by atoms with van der Waals surface area (Å²) in [5, 5.41) is 3.31. The smallest absolute Gasteiger partial charge is 0.250 e. The van der Waals surface area contributed by atoms with E-state index in [1.807, 2.05) is 11.8 Å². The van der Waals surface area contributed by atoms with Crippen LogP contribution in [0.5, 0.6) is 0 Å². The fourth-order valence-corrected chi connectivity index (χ4v) is 2.88. The summed E-state index contributed by atoms with van der Waals surface area (Å²) in [6.07, 6.45) is 4.21. The topological polar surface area (TPSA) is 81.1 Å². The summed E-state index contributed by atoms with van der Waals surface area (Å²) in [5.41, 5.74) is 13.0. The molecule has 0 radical (unpaired) electrons. The van der Waals surface area contributed by atoms with Gasteiger partial charge in [0.2, 0.25) is 0 Å². The van der Waals surface area contributed by atoms with Crippen LogP contribution >= 0.6 is 11.8 Å². The quantitative estimate of drug-likeness (QED) is 0.671. The standard InChI is InChI=1S/C14H23N3OS/c1-4-14(5-2,19-3)9-17-12-10(13(16)18)7-6-8-11(12)15/h6-8,17H,4-5,9,15H2,1-3H3,(H2,16,18). The van der Waals surface area contributed by atoms with Crippen molar-refractivity contribution in [1.29, 1.82) is 0 Å². The molecule has 1 aromatic rings. The molecule has 0 saturated heterocycles. The SMILES string of the molecule is CCC(CC)(CNc1c(N)cccc1C(N)=O)SC. The maximum Gasteiger partial charge on any atom is 0.250 e. The number of thioether (sulfide) groups is 1. The number of rotatable bonds is 7. The van der Waals surface area contributed by atoms with Gasteiger partial charge in [0.15, 0.2) is 0 Å². The van der Waals surface area contributed by atoms with Gasteiger partial charge in [-0.1, -0.05) is 19.9 Å². The van der Waals surface area contributed by atoms with E-state index in [2.05, 4.69) is 25.4 Å². The molecule has 0 atom stereocenters. The molecular weight excluding hydrogens is 258 g/mol. The Bertz CT molecular complexity index is 436. The third-order valence-electron chi connectivity index (χ3n) is 3.67. The molecule has 4 nitrogen and oxygen atoms in total. The van der Waals surface area contributed by atoms with Crippen LogP contribution in [-0.2, 0) is 0 Å². The Morgan fingerprint density at radius 2 is 2.00 bits per heavy atom. The van der Waals surface area contributed by atoms with Gasteiger partial charge in [-0.25, -0.2) is 0 Å². The highest BCUT2D eigenvalue weighted by atomic mass is 32.2.